The Hall–Kier alpha value is -1.99. The van der Waals surface area contributed by atoms with Crippen LogP contribution in [-0.4, -0.2) is 40.0 Å². The molecule has 1 heterocycles. The van der Waals surface area contributed by atoms with E-state index in [-0.39, 0.29) is 12.5 Å². The van der Waals surface area contributed by atoms with Crippen LogP contribution in [-0.2, 0) is 17.9 Å². The van der Waals surface area contributed by atoms with Crippen molar-refractivity contribution in [3.8, 4) is 5.75 Å². The molecule has 2 aromatic rings. The largest absolute Gasteiger partial charge is 0.497 e. The van der Waals surface area contributed by atoms with Crippen molar-refractivity contribution >= 4 is 17.7 Å². The van der Waals surface area contributed by atoms with Crippen molar-refractivity contribution in [1.82, 2.24) is 14.9 Å². The van der Waals surface area contributed by atoms with Crippen LogP contribution < -0.4 is 10.1 Å². The van der Waals surface area contributed by atoms with Gasteiger partial charge in [0.15, 0.2) is 5.16 Å². The van der Waals surface area contributed by atoms with E-state index in [0.29, 0.717) is 18.8 Å². The maximum Gasteiger partial charge on any atom is 0.230 e. The molecule has 0 spiro atoms. The molecule has 0 saturated heterocycles. The van der Waals surface area contributed by atoms with Crippen LogP contribution in [0.2, 0.25) is 0 Å². The molecule has 24 heavy (non-hydrogen) atoms. The Kier molecular flexibility index (Phi) is 7.14. The van der Waals surface area contributed by atoms with Crippen LogP contribution in [0.1, 0.15) is 24.6 Å². The fourth-order valence-corrected chi connectivity index (χ4v) is 2.99. The van der Waals surface area contributed by atoms with Crippen LogP contribution in [0, 0.1) is 0 Å². The molecule has 130 valence electrons. The Labute approximate surface area is 146 Å². The van der Waals surface area contributed by atoms with E-state index in [2.05, 4.69) is 10.3 Å². The number of rotatable bonds is 9. The highest BCUT2D eigenvalue weighted by Crippen LogP contribution is 2.21. The molecular weight excluding hydrogens is 326 g/mol. The van der Waals surface area contributed by atoms with E-state index in [4.69, 9.17) is 4.74 Å². The number of hydrogen-bond donors (Lipinski definition) is 2. The van der Waals surface area contributed by atoms with E-state index < -0.39 is 0 Å². The molecule has 0 radical (unpaired) electrons. The standard InChI is InChI=1S/C17H23N3O3S/c1-3-8-18-16(22)12-24-17-19-9-14(11-21)20(17)10-13-4-6-15(23-2)7-5-13/h4-7,9,21H,3,8,10-12H2,1-2H3,(H,18,22). The number of thioether (sulfide) groups is 1. The monoisotopic (exact) mass is 349 g/mol. The van der Waals surface area contributed by atoms with Crippen molar-refractivity contribution in [2.75, 3.05) is 19.4 Å². The summed E-state index contributed by atoms with van der Waals surface area (Å²) in [6.45, 7) is 3.19. The van der Waals surface area contributed by atoms with Crippen LogP contribution in [0.3, 0.4) is 0 Å². The van der Waals surface area contributed by atoms with Gasteiger partial charge in [-0.15, -0.1) is 0 Å². The van der Waals surface area contributed by atoms with Gasteiger partial charge in [-0.3, -0.25) is 4.79 Å². The second kappa shape index (κ2) is 9.34. The fraction of sp³-hybridized carbons (Fsp3) is 0.412. The van der Waals surface area contributed by atoms with Crippen LogP contribution in [0.4, 0.5) is 0 Å². The molecule has 0 aliphatic rings. The van der Waals surface area contributed by atoms with E-state index >= 15 is 0 Å². The molecule has 0 aliphatic carbocycles. The molecule has 0 saturated carbocycles. The van der Waals surface area contributed by atoms with Crippen LogP contribution in [0.15, 0.2) is 35.6 Å². The minimum Gasteiger partial charge on any atom is -0.497 e. The van der Waals surface area contributed by atoms with Crippen LogP contribution >= 0.6 is 11.8 Å². The van der Waals surface area contributed by atoms with Gasteiger partial charge in [0.1, 0.15) is 5.75 Å². The van der Waals surface area contributed by atoms with Gasteiger partial charge in [-0.25, -0.2) is 4.98 Å². The minimum atomic E-state index is -0.0915. The smallest absolute Gasteiger partial charge is 0.230 e. The number of aromatic nitrogens is 2. The summed E-state index contributed by atoms with van der Waals surface area (Å²) in [6.07, 6.45) is 2.56. The van der Waals surface area contributed by atoms with Gasteiger partial charge in [-0.2, -0.15) is 0 Å². The first kappa shape index (κ1) is 18.4. The van der Waals surface area contributed by atoms with Gasteiger partial charge in [-0.05, 0) is 24.1 Å². The van der Waals surface area contributed by atoms with E-state index in [1.54, 1.807) is 13.3 Å². The predicted molar refractivity (Wildman–Crippen MR) is 94.3 cm³/mol. The topological polar surface area (TPSA) is 76.4 Å². The number of imidazole rings is 1. The number of aliphatic hydroxyl groups excluding tert-OH is 1. The molecule has 1 aromatic carbocycles. The van der Waals surface area contributed by atoms with Crippen molar-refractivity contribution in [2.24, 2.45) is 0 Å². The molecule has 0 fully saturated rings. The molecule has 1 aromatic heterocycles. The summed E-state index contributed by atoms with van der Waals surface area (Å²) in [4.78, 5) is 16.1. The first-order valence-electron chi connectivity index (χ1n) is 7.85. The molecule has 6 nitrogen and oxygen atoms in total. The summed E-state index contributed by atoms with van der Waals surface area (Å²) < 4.78 is 7.09. The molecule has 0 bridgehead atoms. The lowest BCUT2D eigenvalue weighted by Crippen LogP contribution is -2.25. The summed E-state index contributed by atoms with van der Waals surface area (Å²) >= 11 is 1.37. The number of aliphatic hydroxyl groups is 1. The highest BCUT2D eigenvalue weighted by atomic mass is 32.2. The lowest BCUT2D eigenvalue weighted by Gasteiger charge is -2.11. The second-order valence-electron chi connectivity index (χ2n) is 5.26. The van der Waals surface area contributed by atoms with E-state index in [0.717, 1.165) is 28.6 Å². The maximum atomic E-state index is 11.8. The first-order valence-corrected chi connectivity index (χ1v) is 8.84. The number of benzene rings is 1. The number of carbonyl (C=O) groups excluding carboxylic acids is 1. The van der Waals surface area contributed by atoms with Crippen LogP contribution in [0.25, 0.3) is 0 Å². The lowest BCUT2D eigenvalue weighted by atomic mass is 10.2. The van der Waals surface area contributed by atoms with E-state index in [9.17, 15) is 9.90 Å². The SMILES string of the molecule is CCCNC(=O)CSc1ncc(CO)n1Cc1ccc(OC)cc1. The highest BCUT2D eigenvalue weighted by Gasteiger charge is 2.12. The summed E-state index contributed by atoms with van der Waals surface area (Å²) in [5.74, 6) is 1.10. The zero-order chi connectivity index (χ0) is 17.4. The Morgan fingerprint density at radius 2 is 2.12 bits per heavy atom. The third-order valence-electron chi connectivity index (χ3n) is 3.47. The summed E-state index contributed by atoms with van der Waals surface area (Å²) in [5, 5.41) is 13.1. The number of methoxy groups -OCH3 is 1. The summed E-state index contributed by atoms with van der Waals surface area (Å²) in [6, 6.07) is 7.75. The van der Waals surface area contributed by atoms with Crippen molar-refractivity contribution in [3.63, 3.8) is 0 Å². The third kappa shape index (κ3) is 5.01. The zero-order valence-corrected chi connectivity index (χ0v) is 14.8. The minimum absolute atomic E-state index is 0.00797. The summed E-state index contributed by atoms with van der Waals surface area (Å²) in [5.41, 5.74) is 1.79. The predicted octanol–water partition coefficient (Wildman–Crippen LogP) is 2.05. The maximum absolute atomic E-state index is 11.8. The van der Waals surface area contributed by atoms with Gasteiger partial charge in [0.2, 0.25) is 5.91 Å². The third-order valence-corrected chi connectivity index (χ3v) is 4.46. The number of carbonyl (C=O) groups is 1. The number of hydrogen-bond acceptors (Lipinski definition) is 5. The number of nitrogens with one attached hydrogen (secondary N) is 1. The fourth-order valence-electron chi connectivity index (χ4n) is 2.16. The molecule has 0 unspecified atom stereocenters. The van der Waals surface area contributed by atoms with Gasteiger partial charge in [0.05, 0.1) is 31.4 Å². The van der Waals surface area contributed by atoms with Gasteiger partial charge in [0, 0.05) is 13.1 Å². The normalized spacial score (nSPS) is 10.6. The molecule has 7 heteroatoms. The average molecular weight is 349 g/mol. The molecule has 2 N–H and O–H groups in total. The Bertz CT molecular complexity index is 656. The number of nitrogens with zero attached hydrogens (tertiary/aromatic N) is 2. The van der Waals surface area contributed by atoms with Gasteiger partial charge in [0.25, 0.3) is 0 Å². The van der Waals surface area contributed by atoms with Crippen LogP contribution in [0.5, 0.6) is 5.75 Å². The number of ether oxygens (including phenoxy) is 1. The summed E-state index contributed by atoms with van der Waals surface area (Å²) in [7, 11) is 1.63. The molecule has 0 atom stereocenters. The first-order chi connectivity index (χ1) is 11.7. The quantitative estimate of drug-likeness (QED) is 0.678. The van der Waals surface area contributed by atoms with Gasteiger partial charge >= 0.3 is 0 Å². The van der Waals surface area contributed by atoms with Crippen molar-refractivity contribution < 1.29 is 14.6 Å². The van der Waals surface area contributed by atoms with Crippen molar-refractivity contribution in [3.05, 3.63) is 41.7 Å². The molecule has 1 amide bonds. The van der Waals surface area contributed by atoms with E-state index in [1.807, 2.05) is 35.8 Å². The van der Waals surface area contributed by atoms with E-state index in [1.165, 1.54) is 11.8 Å². The Morgan fingerprint density at radius 3 is 2.75 bits per heavy atom. The molecule has 2 rings (SSSR count). The Balaban J connectivity index is 2.07. The van der Waals surface area contributed by atoms with Gasteiger partial charge < -0.3 is 19.7 Å². The zero-order valence-electron chi connectivity index (χ0n) is 14.0. The lowest BCUT2D eigenvalue weighted by molar-refractivity contribution is -0.118. The second-order valence-corrected chi connectivity index (χ2v) is 6.21. The molecular formula is C17H23N3O3S. The van der Waals surface area contributed by atoms with Gasteiger partial charge in [-0.1, -0.05) is 30.8 Å². The highest BCUT2D eigenvalue weighted by molar-refractivity contribution is 7.99. The number of amides is 1. The Morgan fingerprint density at radius 1 is 1.38 bits per heavy atom. The van der Waals surface area contributed by atoms with Crippen molar-refractivity contribution in [1.29, 1.82) is 0 Å². The van der Waals surface area contributed by atoms with Crippen molar-refractivity contribution in [2.45, 2.75) is 31.7 Å². The molecule has 0 aliphatic heterocycles. The average Bonchev–Trinajstić information content (AvgIpc) is 3.00.